The normalized spacial score (nSPS) is 11.4. The lowest BCUT2D eigenvalue weighted by molar-refractivity contribution is 0.0954. The maximum atomic E-state index is 12.2. The molecule has 6 nitrogen and oxygen atoms in total. The minimum absolute atomic E-state index is 0.0686. The number of halogens is 1. The van der Waals surface area contributed by atoms with E-state index in [4.69, 9.17) is 0 Å². The minimum atomic E-state index is -0.0686. The van der Waals surface area contributed by atoms with Crippen LogP contribution in [-0.2, 0) is 13.6 Å². The molecule has 2 N–H and O–H groups in total. The second kappa shape index (κ2) is 10.2. The molecule has 1 aromatic carbocycles. The summed E-state index contributed by atoms with van der Waals surface area (Å²) in [6, 6.07) is 9.67. The first-order valence-electron chi connectivity index (χ1n) is 9.05. The molecule has 0 fully saturated rings. The van der Waals surface area contributed by atoms with Crippen molar-refractivity contribution >= 4 is 27.8 Å². The van der Waals surface area contributed by atoms with Crippen LogP contribution in [0.4, 0.5) is 0 Å². The number of carbonyl (C=O) groups excluding carboxylic acids is 1. The fourth-order valence-electron chi connectivity index (χ4n) is 2.73. The summed E-state index contributed by atoms with van der Waals surface area (Å²) in [5, 5.41) is 6.22. The topological polar surface area (TPSA) is 61.7 Å². The second-order valence-electron chi connectivity index (χ2n) is 6.48. The maximum Gasteiger partial charge on any atom is 0.251 e. The van der Waals surface area contributed by atoms with Crippen molar-refractivity contribution in [2.75, 3.05) is 26.7 Å². The largest absolute Gasteiger partial charge is 0.357 e. The van der Waals surface area contributed by atoms with Gasteiger partial charge in [-0.25, -0.2) is 0 Å². The van der Waals surface area contributed by atoms with E-state index in [-0.39, 0.29) is 5.91 Å². The molecule has 0 aliphatic carbocycles. The van der Waals surface area contributed by atoms with Crippen LogP contribution in [0.15, 0.2) is 46.0 Å². The molecule has 0 saturated carbocycles. The highest BCUT2D eigenvalue weighted by Crippen LogP contribution is 2.15. The monoisotopic (exact) mass is 433 g/mol. The molecule has 7 heteroatoms. The minimum Gasteiger partial charge on any atom is -0.357 e. The van der Waals surface area contributed by atoms with Crippen LogP contribution in [0.5, 0.6) is 0 Å². The summed E-state index contributed by atoms with van der Waals surface area (Å²) in [6.07, 6.45) is 2.04. The molecule has 1 aromatic heterocycles. The number of benzene rings is 1. The zero-order valence-corrected chi connectivity index (χ0v) is 18.0. The summed E-state index contributed by atoms with van der Waals surface area (Å²) in [4.78, 5) is 18.9. The molecular weight excluding hydrogens is 406 g/mol. The van der Waals surface area contributed by atoms with E-state index in [1.54, 1.807) is 0 Å². The van der Waals surface area contributed by atoms with Crippen LogP contribution in [0.1, 0.15) is 28.5 Å². The number of hydrogen-bond donors (Lipinski definition) is 2. The van der Waals surface area contributed by atoms with Crippen LogP contribution >= 0.6 is 15.9 Å². The number of aromatic nitrogens is 1. The van der Waals surface area contributed by atoms with E-state index in [1.165, 1.54) is 5.69 Å². The van der Waals surface area contributed by atoms with Crippen LogP contribution in [-0.4, -0.2) is 48.0 Å². The van der Waals surface area contributed by atoms with Gasteiger partial charge in [0.2, 0.25) is 0 Å². The lowest BCUT2D eigenvalue weighted by Crippen LogP contribution is -2.39. The number of amides is 1. The number of nitrogens with zero attached hydrogens (tertiary/aromatic N) is 3. The Hall–Kier alpha value is -2.28. The van der Waals surface area contributed by atoms with E-state index in [0.29, 0.717) is 18.7 Å². The summed E-state index contributed by atoms with van der Waals surface area (Å²) >= 11 is 3.50. The van der Waals surface area contributed by atoms with E-state index in [1.807, 2.05) is 58.4 Å². The van der Waals surface area contributed by atoms with Gasteiger partial charge in [-0.15, -0.1) is 0 Å². The molecule has 1 heterocycles. The Morgan fingerprint density at radius 2 is 2.07 bits per heavy atom. The first-order valence-corrected chi connectivity index (χ1v) is 9.85. The van der Waals surface area contributed by atoms with Crippen molar-refractivity contribution in [1.82, 2.24) is 20.1 Å². The highest BCUT2D eigenvalue weighted by atomic mass is 79.9. The van der Waals surface area contributed by atoms with Gasteiger partial charge in [-0.3, -0.25) is 9.79 Å². The van der Waals surface area contributed by atoms with Crippen LogP contribution in [0.3, 0.4) is 0 Å². The number of aliphatic imine (C=N–C) groups is 1. The van der Waals surface area contributed by atoms with Gasteiger partial charge in [-0.05, 0) is 48.0 Å². The molecular formula is C20H28BrN5O. The van der Waals surface area contributed by atoms with Crippen molar-refractivity contribution in [2.24, 2.45) is 12.0 Å². The molecule has 0 aliphatic rings. The third-order valence-corrected chi connectivity index (χ3v) is 4.54. The van der Waals surface area contributed by atoms with Crippen molar-refractivity contribution in [3.8, 4) is 0 Å². The van der Waals surface area contributed by atoms with Gasteiger partial charge in [0, 0.05) is 49.1 Å². The first kappa shape index (κ1) is 21.0. The number of rotatable bonds is 7. The van der Waals surface area contributed by atoms with Gasteiger partial charge >= 0.3 is 0 Å². The summed E-state index contributed by atoms with van der Waals surface area (Å²) in [7, 11) is 4.03. The molecule has 0 atom stereocenters. The van der Waals surface area contributed by atoms with Crippen LogP contribution < -0.4 is 10.6 Å². The van der Waals surface area contributed by atoms with Crippen molar-refractivity contribution in [3.05, 3.63) is 57.8 Å². The van der Waals surface area contributed by atoms with Crippen molar-refractivity contribution in [2.45, 2.75) is 20.4 Å². The zero-order valence-electron chi connectivity index (χ0n) is 16.4. The zero-order chi connectivity index (χ0) is 19.8. The lowest BCUT2D eigenvalue weighted by Gasteiger charge is -2.22. The number of carbonyl (C=O) groups is 1. The third-order valence-electron chi connectivity index (χ3n) is 4.11. The van der Waals surface area contributed by atoms with Crippen LogP contribution in [0.25, 0.3) is 0 Å². The first-order chi connectivity index (χ1) is 12.9. The van der Waals surface area contributed by atoms with Crippen LogP contribution in [0, 0.1) is 6.92 Å². The van der Waals surface area contributed by atoms with Crippen molar-refractivity contribution in [1.29, 1.82) is 0 Å². The SMILES string of the molecule is CCNC(=NCCNC(=O)c1cccc(C)c1)N(C)Cc1cc(Br)cn1C. The molecule has 0 radical (unpaired) electrons. The molecule has 27 heavy (non-hydrogen) atoms. The quantitative estimate of drug-likeness (QED) is 0.400. The predicted molar refractivity (Wildman–Crippen MR) is 114 cm³/mol. The fourth-order valence-corrected chi connectivity index (χ4v) is 3.30. The molecule has 1 amide bonds. The van der Waals surface area contributed by atoms with Crippen molar-refractivity contribution < 1.29 is 4.79 Å². The van der Waals surface area contributed by atoms with E-state index in [9.17, 15) is 4.79 Å². The molecule has 0 unspecified atom stereocenters. The standard InChI is InChI=1S/C20H28BrN5O/c1-5-22-20(26(4)14-18-12-17(21)13-25(18)3)24-10-9-23-19(27)16-8-6-7-15(2)11-16/h6-8,11-13H,5,9-10,14H2,1-4H3,(H,22,24)(H,23,27). The van der Waals surface area contributed by atoms with E-state index in [2.05, 4.69) is 47.1 Å². The Bertz CT molecular complexity index is 799. The Kier molecular flexibility index (Phi) is 7.91. The summed E-state index contributed by atoms with van der Waals surface area (Å²) < 4.78 is 3.15. The smallest absolute Gasteiger partial charge is 0.251 e. The summed E-state index contributed by atoms with van der Waals surface area (Å²) in [6.45, 7) is 6.55. The maximum absolute atomic E-state index is 12.2. The predicted octanol–water partition coefficient (Wildman–Crippen LogP) is 2.92. The molecule has 146 valence electrons. The average Bonchev–Trinajstić information content (AvgIpc) is 2.94. The van der Waals surface area contributed by atoms with E-state index < -0.39 is 0 Å². The lowest BCUT2D eigenvalue weighted by atomic mass is 10.1. The van der Waals surface area contributed by atoms with Gasteiger partial charge in [0.05, 0.1) is 13.1 Å². The Balaban J connectivity index is 1.90. The van der Waals surface area contributed by atoms with Crippen molar-refractivity contribution in [3.63, 3.8) is 0 Å². The number of nitrogens with one attached hydrogen (secondary N) is 2. The molecule has 0 bridgehead atoms. The van der Waals surface area contributed by atoms with Gasteiger partial charge < -0.3 is 20.1 Å². The summed E-state index contributed by atoms with van der Waals surface area (Å²) in [5.74, 6) is 0.751. The average molecular weight is 434 g/mol. The Morgan fingerprint density at radius 1 is 1.30 bits per heavy atom. The number of aryl methyl sites for hydroxylation is 2. The summed E-state index contributed by atoms with van der Waals surface area (Å²) in [5.41, 5.74) is 2.93. The Morgan fingerprint density at radius 3 is 2.70 bits per heavy atom. The number of guanidine groups is 1. The fraction of sp³-hybridized carbons (Fsp3) is 0.400. The molecule has 0 spiro atoms. The van der Waals surface area contributed by atoms with E-state index in [0.717, 1.165) is 29.1 Å². The van der Waals surface area contributed by atoms with Gasteiger partial charge in [0.1, 0.15) is 0 Å². The highest BCUT2D eigenvalue weighted by molar-refractivity contribution is 9.10. The van der Waals surface area contributed by atoms with Gasteiger partial charge in [0.15, 0.2) is 5.96 Å². The van der Waals surface area contributed by atoms with Crippen LogP contribution in [0.2, 0.25) is 0 Å². The van der Waals surface area contributed by atoms with E-state index >= 15 is 0 Å². The molecule has 2 aromatic rings. The molecule has 0 saturated heterocycles. The molecule has 2 rings (SSSR count). The van der Waals surface area contributed by atoms with Gasteiger partial charge in [0.25, 0.3) is 5.91 Å². The second-order valence-corrected chi connectivity index (χ2v) is 7.39. The van der Waals surface area contributed by atoms with Gasteiger partial charge in [-0.2, -0.15) is 0 Å². The van der Waals surface area contributed by atoms with Gasteiger partial charge in [-0.1, -0.05) is 17.7 Å². The number of hydrogen-bond acceptors (Lipinski definition) is 2. The Labute approximate surface area is 169 Å². The highest BCUT2D eigenvalue weighted by Gasteiger charge is 2.10. The third kappa shape index (κ3) is 6.43. The molecule has 0 aliphatic heterocycles.